The van der Waals surface area contributed by atoms with Crippen LogP contribution in [0.1, 0.15) is 28.6 Å². The number of guanidine groups is 1. The third-order valence-corrected chi connectivity index (χ3v) is 6.04. The third kappa shape index (κ3) is 5.85. The molecule has 0 saturated carbocycles. The van der Waals surface area contributed by atoms with E-state index < -0.39 is 0 Å². The van der Waals surface area contributed by atoms with Gasteiger partial charge in [0, 0.05) is 29.0 Å². The minimum absolute atomic E-state index is 0.636. The van der Waals surface area contributed by atoms with Gasteiger partial charge in [-0.3, -0.25) is 0 Å². The molecule has 2 aromatic heterocycles. The average molecular weight is 448 g/mol. The second kappa shape index (κ2) is 9.46. The summed E-state index contributed by atoms with van der Waals surface area (Å²) in [7, 11) is 0. The number of halogens is 1. The normalized spacial score (nSPS) is 11.7. The number of aryl methyl sites for hydroxylation is 1. The van der Waals surface area contributed by atoms with Crippen LogP contribution in [0.4, 0.5) is 0 Å². The first-order valence-electron chi connectivity index (χ1n) is 7.41. The molecule has 0 aliphatic carbocycles. The zero-order valence-electron chi connectivity index (χ0n) is 12.9. The van der Waals surface area contributed by atoms with Gasteiger partial charge in [-0.2, -0.15) is 0 Å². The van der Waals surface area contributed by atoms with Gasteiger partial charge in [0.2, 0.25) is 0 Å². The predicted octanol–water partition coefficient (Wildman–Crippen LogP) is 3.67. The van der Waals surface area contributed by atoms with Crippen LogP contribution in [0.3, 0.4) is 0 Å². The highest BCUT2D eigenvalue weighted by atomic mass is 127. The summed E-state index contributed by atoms with van der Waals surface area (Å²) < 4.78 is 1.34. The van der Waals surface area contributed by atoms with Gasteiger partial charge < -0.3 is 10.6 Å². The lowest BCUT2D eigenvalue weighted by Crippen LogP contribution is -2.38. The minimum Gasteiger partial charge on any atom is -0.357 e. The zero-order chi connectivity index (χ0) is 15.8. The molecule has 120 valence electrons. The first-order chi connectivity index (χ1) is 10.7. The Morgan fingerprint density at radius 3 is 2.73 bits per heavy atom. The lowest BCUT2D eigenvalue weighted by atomic mass is 10.3. The van der Waals surface area contributed by atoms with Crippen LogP contribution in [0.5, 0.6) is 0 Å². The maximum absolute atomic E-state index is 4.61. The molecule has 0 aromatic carbocycles. The Hall–Kier alpha value is -0.670. The Bertz CT molecular complexity index is 606. The molecule has 0 amide bonds. The van der Waals surface area contributed by atoms with E-state index in [9.17, 15) is 0 Å². The van der Waals surface area contributed by atoms with Gasteiger partial charge in [0.15, 0.2) is 5.96 Å². The number of nitrogens with one attached hydrogen (secondary N) is 2. The highest BCUT2D eigenvalue weighted by Crippen LogP contribution is 2.18. The topological polar surface area (TPSA) is 49.3 Å². The van der Waals surface area contributed by atoms with Crippen LogP contribution in [0.25, 0.3) is 0 Å². The van der Waals surface area contributed by atoms with E-state index in [1.54, 1.807) is 11.3 Å². The van der Waals surface area contributed by atoms with Crippen molar-refractivity contribution in [1.29, 1.82) is 0 Å². The number of thiazole rings is 1. The average Bonchev–Trinajstić information content (AvgIpc) is 3.13. The standard InChI is InChI=1S/C15H21IN4S2/c1-3-11-9-19-14(22-11)10-20-15(17-4-2)18-8-7-12-5-6-13(16)21-12/h5-6,9H,3-4,7-8,10H2,1-2H3,(H2,17,18,20). The molecule has 2 N–H and O–H groups in total. The lowest BCUT2D eigenvalue weighted by Gasteiger charge is -2.10. The summed E-state index contributed by atoms with van der Waals surface area (Å²) in [5, 5.41) is 7.74. The van der Waals surface area contributed by atoms with Gasteiger partial charge in [-0.1, -0.05) is 6.92 Å². The van der Waals surface area contributed by atoms with Crippen molar-refractivity contribution in [3.63, 3.8) is 0 Å². The van der Waals surface area contributed by atoms with Crippen molar-refractivity contribution in [2.75, 3.05) is 13.1 Å². The number of nitrogens with zero attached hydrogens (tertiary/aromatic N) is 2. The Morgan fingerprint density at radius 1 is 1.23 bits per heavy atom. The first-order valence-corrected chi connectivity index (χ1v) is 10.1. The Morgan fingerprint density at radius 2 is 2.09 bits per heavy atom. The number of aromatic nitrogens is 1. The molecule has 2 rings (SSSR count). The molecule has 0 aliphatic heterocycles. The summed E-state index contributed by atoms with van der Waals surface area (Å²) in [6, 6.07) is 4.35. The lowest BCUT2D eigenvalue weighted by molar-refractivity contribution is 0.804. The van der Waals surface area contributed by atoms with Crippen molar-refractivity contribution in [2.24, 2.45) is 4.99 Å². The molecule has 0 atom stereocenters. The predicted molar refractivity (Wildman–Crippen MR) is 105 cm³/mol. The highest BCUT2D eigenvalue weighted by Gasteiger charge is 2.02. The molecule has 4 nitrogen and oxygen atoms in total. The second-order valence-electron chi connectivity index (χ2n) is 4.65. The summed E-state index contributed by atoms with van der Waals surface area (Å²) in [6.07, 6.45) is 4.02. The summed E-state index contributed by atoms with van der Waals surface area (Å²) in [6.45, 7) is 6.62. The largest absolute Gasteiger partial charge is 0.357 e. The van der Waals surface area contributed by atoms with Crippen LogP contribution in [-0.2, 0) is 19.4 Å². The molecule has 22 heavy (non-hydrogen) atoms. The van der Waals surface area contributed by atoms with E-state index in [1.165, 1.54) is 12.6 Å². The van der Waals surface area contributed by atoms with Crippen molar-refractivity contribution >= 4 is 51.2 Å². The summed E-state index contributed by atoms with van der Waals surface area (Å²) >= 11 is 5.95. The van der Waals surface area contributed by atoms with E-state index in [0.29, 0.717) is 6.54 Å². The Balaban J connectivity index is 1.83. The number of hydrogen-bond acceptors (Lipinski definition) is 4. The number of hydrogen-bond donors (Lipinski definition) is 2. The number of thiophene rings is 1. The molecule has 0 spiro atoms. The first kappa shape index (κ1) is 17.7. The molecule has 2 aromatic rings. The summed E-state index contributed by atoms with van der Waals surface area (Å²) in [5.74, 6) is 0.863. The highest BCUT2D eigenvalue weighted by molar-refractivity contribution is 14.1. The van der Waals surface area contributed by atoms with E-state index in [2.05, 4.69) is 69.2 Å². The van der Waals surface area contributed by atoms with E-state index in [0.717, 1.165) is 36.9 Å². The molecule has 0 saturated heterocycles. The molecule has 0 aliphatic rings. The van der Waals surface area contributed by atoms with Gasteiger partial charge in [0.05, 0.1) is 9.43 Å². The fraction of sp³-hybridized carbons (Fsp3) is 0.467. The van der Waals surface area contributed by atoms with E-state index >= 15 is 0 Å². The molecule has 0 fully saturated rings. The zero-order valence-corrected chi connectivity index (χ0v) is 16.6. The van der Waals surface area contributed by atoms with Gasteiger partial charge in [-0.15, -0.1) is 22.7 Å². The molecule has 7 heteroatoms. The number of rotatable bonds is 7. The van der Waals surface area contributed by atoms with Crippen LogP contribution in [-0.4, -0.2) is 24.0 Å². The van der Waals surface area contributed by atoms with E-state index in [4.69, 9.17) is 0 Å². The molecule has 0 radical (unpaired) electrons. The Kier molecular flexibility index (Phi) is 7.61. The second-order valence-corrected chi connectivity index (χ2v) is 8.91. The minimum atomic E-state index is 0.636. The number of aliphatic imine (C=N–C) groups is 1. The van der Waals surface area contributed by atoms with Crippen molar-refractivity contribution < 1.29 is 0 Å². The van der Waals surface area contributed by atoms with Gasteiger partial charge in [0.1, 0.15) is 5.01 Å². The van der Waals surface area contributed by atoms with Gasteiger partial charge >= 0.3 is 0 Å². The van der Waals surface area contributed by atoms with Gasteiger partial charge in [-0.05, 0) is 54.5 Å². The van der Waals surface area contributed by atoms with Crippen molar-refractivity contribution in [3.8, 4) is 0 Å². The summed E-state index contributed by atoms with van der Waals surface area (Å²) in [5.41, 5.74) is 0. The van der Waals surface area contributed by atoms with Crippen LogP contribution in [0.15, 0.2) is 23.3 Å². The maximum atomic E-state index is 4.61. The Labute approximate surface area is 153 Å². The summed E-state index contributed by atoms with van der Waals surface area (Å²) in [4.78, 5) is 11.7. The molecular weight excluding hydrogens is 427 g/mol. The monoisotopic (exact) mass is 448 g/mol. The molecule has 2 heterocycles. The smallest absolute Gasteiger partial charge is 0.191 e. The van der Waals surface area contributed by atoms with Crippen LogP contribution in [0.2, 0.25) is 0 Å². The van der Waals surface area contributed by atoms with E-state index in [-0.39, 0.29) is 0 Å². The van der Waals surface area contributed by atoms with Crippen molar-refractivity contribution in [2.45, 2.75) is 33.2 Å². The van der Waals surface area contributed by atoms with Crippen molar-refractivity contribution in [1.82, 2.24) is 15.6 Å². The molecule has 0 unspecified atom stereocenters. The molecule has 0 bridgehead atoms. The van der Waals surface area contributed by atoms with E-state index in [1.807, 2.05) is 17.5 Å². The van der Waals surface area contributed by atoms with Crippen LogP contribution >= 0.6 is 45.3 Å². The van der Waals surface area contributed by atoms with Crippen LogP contribution < -0.4 is 10.6 Å². The van der Waals surface area contributed by atoms with Gasteiger partial charge in [-0.25, -0.2) is 9.98 Å². The third-order valence-electron chi connectivity index (χ3n) is 2.96. The van der Waals surface area contributed by atoms with Crippen molar-refractivity contribution in [3.05, 3.63) is 36.0 Å². The van der Waals surface area contributed by atoms with Crippen LogP contribution in [0, 0.1) is 2.88 Å². The molecular formula is C15H21IN4S2. The maximum Gasteiger partial charge on any atom is 0.191 e. The SMILES string of the molecule is CCNC(=NCc1ncc(CC)s1)NCCc1ccc(I)s1. The fourth-order valence-electron chi connectivity index (χ4n) is 1.86. The van der Waals surface area contributed by atoms with Gasteiger partial charge in [0.25, 0.3) is 0 Å². The fourth-order valence-corrected chi connectivity index (χ4v) is 4.41. The quantitative estimate of drug-likeness (QED) is 0.386.